The number of amides is 1. The van der Waals surface area contributed by atoms with Crippen LogP contribution in [-0.4, -0.2) is 33.1 Å². The van der Waals surface area contributed by atoms with Gasteiger partial charge in [-0.25, -0.2) is 5.43 Å². The number of halogens is 4. The molecule has 1 aromatic carbocycles. The zero-order valence-corrected chi connectivity index (χ0v) is 16.3. The first-order valence-corrected chi connectivity index (χ1v) is 9.38. The van der Waals surface area contributed by atoms with E-state index in [1.807, 2.05) is 24.9 Å². The maximum absolute atomic E-state index is 13.2. The fourth-order valence-corrected chi connectivity index (χ4v) is 4.24. The average Bonchev–Trinajstić information content (AvgIpc) is 3.30. The van der Waals surface area contributed by atoms with E-state index in [1.165, 1.54) is 12.1 Å². The van der Waals surface area contributed by atoms with Crippen LogP contribution in [0.15, 0.2) is 41.9 Å². The van der Waals surface area contributed by atoms with E-state index >= 15 is 0 Å². The van der Waals surface area contributed by atoms with Crippen LogP contribution in [0.2, 0.25) is 5.02 Å². The second-order valence-corrected chi connectivity index (χ2v) is 7.43. The van der Waals surface area contributed by atoms with E-state index in [0.29, 0.717) is 6.42 Å². The molecule has 0 radical (unpaired) electrons. The second-order valence-electron chi connectivity index (χ2n) is 7.05. The van der Waals surface area contributed by atoms with Crippen molar-refractivity contribution < 1.29 is 23.5 Å². The zero-order valence-electron chi connectivity index (χ0n) is 15.6. The number of aromatic nitrogens is 2. The summed E-state index contributed by atoms with van der Waals surface area (Å²) >= 11 is 5.98. The number of carbonyl (C=O) groups excluding carboxylic acids is 1. The Morgan fingerprint density at radius 3 is 2.72 bits per heavy atom. The van der Waals surface area contributed by atoms with Crippen molar-refractivity contribution in [2.75, 3.05) is 5.01 Å². The number of hydrogen-bond acceptors (Lipinski definition) is 4. The Bertz CT molecular complexity index is 974. The van der Waals surface area contributed by atoms with Gasteiger partial charge in [-0.05, 0) is 26.0 Å². The highest BCUT2D eigenvalue weighted by Crippen LogP contribution is 2.38. The Balaban J connectivity index is 1.67. The van der Waals surface area contributed by atoms with E-state index < -0.39 is 22.7 Å². The molecule has 2 aliphatic heterocycles. The van der Waals surface area contributed by atoms with Crippen LogP contribution >= 0.6 is 11.6 Å². The molecule has 0 saturated heterocycles. The number of nitrogens with two attached hydrogens (primary N) is 1. The second kappa shape index (κ2) is 6.96. The highest BCUT2D eigenvalue weighted by molar-refractivity contribution is 6.34. The van der Waals surface area contributed by atoms with Crippen molar-refractivity contribution in [1.29, 1.82) is 0 Å². The Morgan fingerprint density at radius 1 is 1.31 bits per heavy atom. The lowest BCUT2D eigenvalue weighted by Crippen LogP contribution is -2.98. The van der Waals surface area contributed by atoms with Crippen LogP contribution in [0.25, 0.3) is 0 Å². The summed E-state index contributed by atoms with van der Waals surface area (Å²) in [6, 6.07) is 4.60. The molecule has 0 aliphatic carbocycles. The molecule has 154 valence electrons. The third kappa shape index (κ3) is 3.22. The minimum absolute atomic E-state index is 0.156. The zero-order chi connectivity index (χ0) is 20.9. The highest BCUT2D eigenvalue weighted by Gasteiger charge is 2.43. The van der Waals surface area contributed by atoms with Crippen molar-refractivity contribution in [3.8, 4) is 0 Å². The molecule has 0 saturated carbocycles. The molecule has 2 aliphatic rings. The van der Waals surface area contributed by atoms with E-state index in [4.69, 9.17) is 11.6 Å². The Hall–Kier alpha value is -2.72. The third-order valence-electron chi connectivity index (χ3n) is 5.26. The molecule has 0 bridgehead atoms. The van der Waals surface area contributed by atoms with Gasteiger partial charge in [0.05, 0.1) is 28.4 Å². The highest BCUT2D eigenvalue weighted by atomic mass is 35.5. The van der Waals surface area contributed by atoms with Crippen molar-refractivity contribution in [3.05, 3.63) is 58.0 Å². The van der Waals surface area contributed by atoms with Crippen LogP contribution in [0, 0.1) is 0 Å². The molecule has 3 heterocycles. The van der Waals surface area contributed by atoms with Gasteiger partial charge in [0.2, 0.25) is 0 Å². The van der Waals surface area contributed by atoms with Crippen molar-refractivity contribution in [3.63, 3.8) is 0 Å². The summed E-state index contributed by atoms with van der Waals surface area (Å²) in [6.45, 7) is 3.70. The smallest absolute Gasteiger partial charge is 0.327 e. The summed E-state index contributed by atoms with van der Waals surface area (Å²) in [6.07, 6.45) is -2.47. The molecular formula is C18H19ClF3N6O+. The monoisotopic (exact) mass is 427 g/mol. The fraction of sp³-hybridized carbons (Fsp3) is 0.333. The molecule has 29 heavy (non-hydrogen) atoms. The molecule has 0 unspecified atom stereocenters. The molecular weight excluding hydrogens is 409 g/mol. The molecule has 11 heteroatoms. The van der Waals surface area contributed by atoms with Gasteiger partial charge < -0.3 is 4.90 Å². The van der Waals surface area contributed by atoms with Gasteiger partial charge in [-0.15, -0.1) is 5.53 Å². The molecule has 0 fully saturated rings. The predicted octanol–water partition coefficient (Wildman–Crippen LogP) is 2.42. The van der Waals surface area contributed by atoms with Crippen LogP contribution in [-0.2, 0) is 6.18 Å². The standard InChI is InChI=1S/C18H18ClF3N6O/c1-9-8-13-16(25-26-28(13)14-6-7-23-24-14)10(2)27(9)17(29)11-4-3-5-12(15(11)19)18(20,21)22/h3-7,9-10,25-26H,8H2,1-2H3,(H,23,24)/p+1/t9-,10-/m1/s1. The number of anilines is 1. The molecule has 0 spiro atoms. The van der Waals surface area contributed by atoms with Crippen molar-refractivity contribution in [1.82, 2.24) is 20.5 Å². The average molecular weight is 428 g/mol. The van der Waals surface area contributed by atoms with Gasteiger partial charge in [-0.2, -0.15) is 23.3 Å². The van der Waals surface area contributed by atoms with Crippen LogP contribution in [0.1, 0.15) is 36.2 Å². The number of hydrogen-bond donors (Lipinski definition) is 3. The van der Waals surface area contributed by atoms with Gasteiger partial charge in [-0.1, -0.05) is 17.7 Å². The Kier molecular flexibility index (Phi) is 4.70. The van der Waals surface area contributed by atoms with Crippen LogP contribution in [0.5, 0.6) is 0 Å². The minimum Gasteiger partial charge on any atom is -0.327 e. The summed E-state index contributed by atoms with van der Waals surface area (Å²) in [5.41, 5.74) is 5.57. The summed E-state index contributed by atoms with van der Waals surface area (Å²) in [4.78, 5) is 14.8. The Labute approximate surface area is 169 Å². The normalized spacial score (nSPS) is 22.0. The van der Waals surface area contributed by atoms with Gasteiger partial charge in [0, 0.05) is 18.5 Å². The number of quaternary nitrogens is 1. The van der Waals surface area contributed by atoms with Gasteiger partial charge in [0.15, 0.2) is 5.82 Å². The van der Waals surface area contributed by atoms with E-state index in [2.05, 4.69) is 15.6 Å². The van der Waals surface area contributed by atoms with E-state index in [9.17, 15) is 18.0 Å². The minimum atomic E-state index is -4.63. The predicted molar refractivity (Wildman–Crippen MR) is 99.3 cm³/mol. The number of nitrogens with one attached hydrogen (secondary N) is 2. The third-order valence-corrected chi connectivity index (χ3v) is 5.67. The first-order chi connectivity index (χ1) is 13.7. The van der Waals surface area contributed by atoms with Gasteiger partial charge >= 0.3 is 6.18 Å². The topological polar surface area (TPSA) is 80.9 Å². The first kappa shape index (κ1) is 19.6. The van der Waals surface area contributed by atoms with Gasteiger partial charge in [0.1, 0.15) is 11.4 Å². The molecule has 7 nitrogen and oxygen atoms in total. The summed E-state index contributed by atoms with van der Waals surface area (Å²) < 4.78 is 39.6. The fourth-order valence-electron chi connectivity index (χ4n) is 3.92. The largest absolute Gasteiger partial charge is 0.417 e. The van der Waals surface area contributed by atoms with Crippen molar-refractivity contribution in [2.24, 2.45) is 0 Å². The maximum atomic E-state index is 13.2. The molecule has 4 rings (SSSR count). The van der Waals surface area contributed by atoms with E-state index in [-0.39, 0.29) is 17.6 Å². The number of aromatic amines is 1. The van der Waals surface area contributed by atoms with Gasteiger partial charge in [-0.3, -0.25) is 9.89 Å². The quantitative estimate of drug-likeness (QED) is 0.643. The molecule has 4 N–H and O–H groups in total. The summed E-state index contributed by atoms with van der Waals surface area (Å²) in [5, 5.41) is 8.20. The number of nitrogens with zero attached hydrogens (tertiary/aromatic N) is 3. The number of alkyl halides is 3. The number of carbonyl (C=O) groups is 1. The molecule has 1 amide bonds. The number of rotatable bonds is 2. The van der Waals surface area contributed by atoms with Crippen molar-refractivity contribution in [2.45, 2.75) is 38.5 Å². The molecule has 2 aromatic rings. The molecule has 2 atom stereocenters. The SMILES string of the molecule is C[C@@H]1CC2=C(N[NH2+]N2c2ccn[nH]2)[C@@H](C)N1C(=O)c1cccc(C(F)(F)F)c1Cl. The van der Waals surface area contributed by atoms with Crippen molar-refractivity contribution >= 4 is 23.3 Å². The first-order valence-electron chi connectivity index (χ1n) is 9.00. The maximum Gasteiger partial charge on any atom is 0.417 e. The van der Waals surface area contributed by atoms with Crippen LogP contribution < -0.4 is 16.0 Å². The summed E-state index contributed by atoms with van der Waals surface area (Å²) in [5.74, 6) is 0.247. The van der Waals surface area contributed by atoms with Gasteiger partial charge in [0.25, 0.3) is 5.91 Å². The van der Waals surface area contributed by atoms with Crippen LogP contribution in [0.4, 0.5) is 19.0 Å². The molecule has 1 aromatic heterocycles. The lowest BCUT2D eigenvalue weighted by molar-refractivity contribution is -0.702. The summed E-state index contributed by atoms with van der Waals surface area (Å²) in [7, 11) is 0. The lowest BCUT2D eigenvalue weighted by atomic mass is 9.96. The Morgan fingerprint density at radius 2 is 2.07 bits per heavy atom. The van der Waals surface area contributed by atoms with Crippen LogP contribution in [0.3, 0.4) is 0 Å². The number of H-pyrrole nitrogens is 1. The van der Waals surface area contributed by atoms with E-state index in [0.717, 1.165) is 23.3 Å². The lowest BCUT2D eigenvalue weighted by Gasteiger charge is -2.39. The number of benzene rings is 1. The van der Waals surface area contributed by atoms with E-state index in [1.54, 1.807) is 16.6 Å².